The molecule has 0 bridgehead atoms. The van der Waals surface area contributed by atoms with E-state index in [1.807, 2.05) is 30.3 Å². The van der Waals surface area contributed by atoms with E-state index in [4.69, 9.17) is 5.84 Å². The Bertz CT molecular complexity index is 513. The number of nitrogens with one attached hydrogen (secondary N) is 1. The van der Waals surface area contributed by atoms with Crippen molar-refractivity contribution >= 4 is 22.6 Å². The van der Waals surface area contributed by atoms with Crippen LogP contribution in [0, 0.1) is 9.39 Å². The molecule has 2 aromatic carbocycles. The van der Waals surface area contributed by atoms with Gasteiger partial charge in [0.05, 0.1) is 0 Å². The minimum Gasteiger partial charge on any atom is -0.271 e. The predicted molar refractivity (Wildman–Crippen MR) is 79.3 cm³/mol. The van der Waals surface area contributed by atoms with Crippen LogP contribution in [0.15, 0.2) is 48.5 Å². The van der Waals surface area contributed by atoms with E-state index in [2.05, 4.69) is 28.0 Å². The maximum Gasteiger partial charge on any atom is 0.123 e. The molecule has 0 aliphatic rings. The molecule has 0 aliphatic heterocycles. The lowest BCUT2D eigenvalue weighted by Crippen LogP contribution is -2.29. The monoisotopic (exact) mass is 356 g/mol. The molecule has 0 heterocycles. The zero-order chi connectivity index (χ0) is 13.0. The third-order valence-electron chi connectivity index (χ3n) is 2.80. The number of hydrogen-bond donors (Lipinski definition) is 2. The van der Waals surface area contributed by atoms with E-state index in [9.17, 15) is 4.39 Å². The van der Waals surface area contributed by atoms with Gasteiger partial charge in [-0.2, -0.15) is 0 Å². The average molecular weight is 356 g/mol. The van der Waals surface area contributed by atoms with Crippen molar-refractivity contribution in [1.82, 2.24) is 5.43 Å². The van der Waals surface area contributed by atoms with Crippen molar-refractivity contribution in [2.45, 2.75) is 12.5 Å². The van der Waals surface area contributed by atoms with Crippen molar-refractivity contribution in [2.75, 3.05) is 0 Å². The van der Waals surface area contributed by atoms with E-state index < -0.39 is 0 Å². The highest BCUT2D eigenvalue weighted by Gasteiger charge is 2.10. The lowest BCUT2D eigenvalue weighted by molar-refractivity contribution is 0.548. The first-order valence-corrected chi connectivity index (χ1v) is 6.73. The summed E-state index contributed by atoms with van der Waals surface area (Å²) in [6.45, 7) is 0. The van der Waals surface area contributed by atoms with Gasteiger partial charge < -0.3 is 0 Å². The van der Waals surface area contributed by atoms with Gasteiger partial charge >= 0.3 is 0 Å². The molecule has 0 radical (unpaired) electrons. The standard InChI is InChI=1S/C14H14FIN2/c15-12-3-1-2-10(8-12)9-14(18-17)11-4-6-13(16)7-5-11/h1-8,14,18H,9,17H2. The molecule has 2 aromatic rings. The molecule has 3 N–H and O–H groups in total. The van der Waals surface area contributed by atoms with Crippen molar-refractivity contribution in [3.05, 3.63) is 69.0 Å². The van der Waals surface area contributed by atoms with Crippen molar-refractivity contribution in [2.24, 2.45) is 5.84 Å². The zero-order valence-electron chi connectivity index (χ0n) is 9.74. The van der Waals surface area contributed by atoms with Gasteiger partial charge in [0, 0.05) is 9.61 Å². The Balaban J connectivity index is 2.17. The van der Waals surface area contributed by atoms with Gasteiger partial charge in [0.1, 0.15) is 5.82 Å². The Labute approximate surface area is 120 Å². The van der Waals surface area contributed by atoms with Crippen LogP contribution in [0.5, 0.6) is 0 Å². The van der Waals surface area contributed by atoms with Gasteiger partial charge in [-0.25, -0.2) is 4.39 Å². The molecule has 0 aromatic heterocycles. The first-order chi connectivity index (χ1) is 8.69. The fourth-order valence-electron chi connectivity index (χ4n) is 1.87. The molecule has 0 saturated carbocycles. The summed E-state index contributed by atoms with van der Waals surface area (Å²) in [6, 6.07) is 14.7. The SMILES string of the molecule is NNC(Cc1cccc(F)c1)c1ccc(I)cc1. The molecule has 0 spiro atoms. The predicted octanol–water partition coefficient (Wildman–Crippen LogP) is 3.18. The largest absolute Gasteiger partial charge is 0.271 e. The minimum absolute atomic E-state index is 0.0104. The van der Waals surface area contributed by atoms with E-state index in [1.165, 1.54) is 15.7 Å². The highest BCUT2D eigenvalue weighted by molar-refractivity contribution is 14.1. The van der Waals surface area contributed by atoms with Crippen LogP contribution in [-0.2, 0) is 6.42 Å². The second kappa shape index (κ2) is 6.26. The Hall–Kier alpha value is -0.980. The molecule has 0 aliphatic carbocycles. The summed E-state index contributed by atoms with van der Waals surface area (Å²) in [6.07, 6.45) is 0.662. The maximum atomic E-state index is 13.1. The second-order valence-corrected chi connectivity index (χ2v) is 5.35. The van der Waals surface area contributed by atoms with Gasteiger partial charge in [0.2, 0.25) is 0 Å². The Kier molecular flexibility index (Phi) is 4.68. The van der Waals surface area contributed by atoms with E-state index in [-0.39, 0.29) is 11.9 Å². The van der Waals surface area contributed by atoms with E-state index in [0.29, 0.717) is 6.42 Å². The number of hydrogen-bond acceptors (Lipinski definition) is 2. The highest BCUT2D eigenvalue weighted by Crippen LogP contribution is 2.19. The fourth-order valence-corrected chi connectivity index (χ4v) is 2.23. The molecule has 2 nitrogen and oxygen atoms in total. The Morgan fingerprint density at radius 1 is 1.17 bits per heavy atom. The molecule has 0 amide bonds. The molecule has 94 valence electrons. The van der Waals surface area contributed by atoms with Gasteiger partial charge in [-0.15, -0.1) is 0 Å². The molecule has 4 heteroatoms. The quantitative estimate of drug-likeness (QED) is 0.502. The van der Waals surface area contributed by atoms with E-state index >= 15 is 0 Å². The van der Waals surface area contributed by atoms with Crippen LogP contribution >= 0.6 is 22.6 Å². The van der Waals surface area contributed by atoms with Gasteiger partial charge in [-0.05, 0) is 64.4 Å². The first kappa shape index (κ1) is 13.5. The Morgan fingerprint density at radius 3 is 2.50 bits per heavy atom. The molecular weight excluding hydrogens is 342 g/mol. The van der Waals surface area contributed by atoms with Crippen molar-refractivity contribution < 1.29 is 4.39 Å². The summed E-state index contributed by atoms with van der Waals surface area (Å²) < 4.78 is 14.3. The van der Waals surface area contributed by atoms with Crippen LogP contribution in [-0.4, -0.2) is 0 Å². The van der Waals surface area contributed by atoms with Gasteiger partial charge in [-0.1, -0.05) is 24.3 Å². The molecular formula is C14H14FIN2. The number of nitrogens with two attached hydrogens (primary N) is 1. The van der Waals surface area contributed by atoms with Gasteiger partial charge in [0.25, 0.3) is 0 Å². The molecule has 0 saturated heterocycles. The summed E-state index contributed by atoms with van der Waals surface area (Å²) in [7, 11) is 0. The van der Waals surface area contributed by atoms with E-state index in [0.717, 1.165) is 11.1 Å². The van der Waals surface area contributed by atoms with Crippen LogP contribution in [0.1, 0.15) is 17.2 Å². The normalized spacial score (nSPS) is 12.4. The van der Waals surface area contributed by atoms with Crippen LogP contribution in [0.3, 0.4) is 0 Å². The van der Waals surface area contributed by atoms with Crippen molar-refractivity contribution in [1.29, 1.82) is 0 Å². The molecule has 2 rings (SSSR count). The third kappa shape index (κ3) is 3.51. The first-order valence-electron chi connectivity index (χ1n) is 5.65. The lowest BCUT2D eigenvalue weighted by Gasteiger charge is -2.16. The average Bonchev–Trinajstić information content (AvgIpc) is 2.37. The number of hydrazine groups is 1. The highest BCUT2D eigenvalue weighted by atomic mass is 127. The van der Waals surface area contributed by atoms with Gasteiger partial charge in [-0.3, -0.25) is 11.3 Å². The van der Waals surface area contributed by atoms with Crippen molar-refractivity contribution in [3.8, 4) is 0 Å². The van der Waals surface area contributed by atoms with Crippen LogP contribution in [0.25, 0.3) is 0 Å². The fraction of sp³-hybridized carbons (Fsp3) is 0.143. The summed E-state index contributed by atoms with van der Waals surface area (Å²) in [5, 5.41) is 0. The van der Waals surface area contributed by atoms with Crippen LogP contribution in [0.4, 0.5) is 4.39 Å². The maximum absolute atomic E-state index is 13.1. The minimum atomic E-state index is -0.217. The molecule has 0 fully saturated rings. The van der Waals surface area contributed by atoms with Crippen molar-refractivity contribution in [3.63, 3.8) is 0 Å². The van der Waals surface area contributed by atoms with Crippen LogP contribution in [0.2, 0.25) is 0 Å². The smallest absolute Gasteiger partial charge is 0.123 e. The zero-order valence-corrected chi connectivity index (χ0v) is 11.9. The number of halogens is 2. The summed E-state index contributed by atoms with van der Waals surface area (Å²) in [5.74, 6) is 5.37. The summed E-state index contributed by atoms with van der Waals surface area (Å²) >= 11 is 2.26. The topological polar surface area (TPSA) is 38.0 Å². The van der Waals surface area contributed by atoms with Gasteiger partial charge in [0.15, 0.2) is 0 Å². The third-order valence-corrected chi connectivity index (χ3v) is 3.52. The molecule has 18 heavy (non-hydrogen) atoms. The lowest BCUT2D eigenvalue weighted by atomic mass is 9.99. The molecule has 1 unspecified atom stereocenters. The summed E-state index contributed by atoms with van der Waals surface area (Å²) in [4.78, 5) is 0. The second-order valence-electron chi connectivity index (χ2n) is 4.10. The number of rotatable bonds is 4. The number of benzene rings is 2. The Morgan fingerprint density at radius 2 is 1.89 bits per heavy atom. The molecule has 1 atom stereocenters. The summed E-state index contributed by atoms with van der Waals surface area (Å²) in [5.41, 5.74) is 4.81. The van der Waals surface area contributed by atoms with E-state index in [1.54, 1.807) is 6.07 Å². The van der Waals surface area contributed by atoms with Crippen LogP contribution < -0.4 is 11.3 Å².